The number of anilines is 1. The molecule has 0 saturated carbocycles. The molecule has 0 bridgehead atoms. The number of rotatable bonds is 5. The van der Waals surface area contributed by atoms with Crippen LogP contribution in [0, 0.1) is 0 Å². The van der Waals surface area contributed by atoms with Gasteiger partial charge in [-0.1, -0.05) is 0 Å². The van der Waals surface area contributed by atoms with Crippen molar-refractivity contribution in [3.8, 4) is 0 Å². The molecule has 1 heterocycles. The first-order valence-corrected chi connectivity index (χ1v) is 5.10. The molecule has 92 valence electrons. The van der Waals surface area contributed by atoms with Crippen LogP contribution in [0.25, 0.3) is 0 Å². The molecule has 0 aliphatic rings. The lowest BCUT2D eigenvalue weighted by atomic mass is 10.2. The number of carboxylic acid groups (broad SMARTS) is 1. The molecule has 1 rings (SSSR count). The Morgan fingerprint density at radius 2 is 2.24 bits per heavy atom. The van der Waals surface area contributed by atoms with Crippen molar-refractivity contribution in [2.75, 3.05) is 19.4 Å². The minimum absolute atomic E-state index is 0.1000. The van der Waals surface area contributed by atoms with Crippen LogP contribution in [-0.2, 0) is 9.59 Å². The highest BCUT2D eigenvalue weighted by molar-refractivity contribution is 5.93. The number of aromatic nitrogens is 1. The average molecular weight is 237 g/mol. The second-order valence-corrected chi connectivity index (χ2v) is 3.81. The Morgan fingerprint density at radius 1 is 1.53 bits per heavy atom. The van der Waals surface area contributed by atoms with Crippen LogP contribution in [0.3, 0.4) is 0 Å². The highest BCUT2D eigenvalue weighted by atomic mass is 16.4. The lowest BCUT2D eigenvalue weighted by Crippen LogP contribution is -2.38. The van der Waals surface area contributed by atoms with Crippen LogP contribution in [0.4, 0.5) is 5.69 Å². The molecule has 6 nitrogen and oxygen atoms in total. The van der Waals surface area contributed by atoms with Crippen molar-refractivity contribution < 1.29 is 14.7 Å². The largest absolute Gasteiger partial charge is 0.480 e. The molecule has 1 unspecified atom stereocenters. The molecule has 0 radical (unpaired) electrons. The number of hydrogen-bond donors (Lipinski definition) is 2. The van der Waals surface area contributed by atoms with E-state index in [-0.39, 0.29) is 12.3 Å². The summed E-state index contributed by atoms with van der Waals surface area (Å²) >= 11 is 0. The van der Waals surface area contributed by atoms with Crippen molar-refractivity contribution in [1.82, 2.24) is 9.88 Å². The van der Waals surface area contributed by atoms with Crippen molar-refractivity contribution in [1.29, 1.82) is 0 Å². The number of carbonyl (C=O) groups excluding carboxylic acids is 1. The molecule has 0 spiro atoms. The molecular formula is C11H15N3O3. The lowest BCUT2D eigenvalue weighted by molar-refractivity contribution is -0.144. The van der Waals surface area contributed by atoms with Crippen molar-refractivity contribution in [2.24, 2.45) is 0 Å². The number of nitrogens with zero attached hydrogens (tertiary/aromatic N) is 2. The molecule has 1 aromatic rings. The van der Waals surface area contributed by atoms with E-state index in [2.05, 4.69) is 10.3 Å². The van der Waals surface area contributed by atoms with Gasteiger partial charge in [0, 0.05) is 6.20 Å². The van der Waals surface area contributed by atoms with Gasteiger partial charge in [-0.05, 0) is 26.2 Å². The van der Waals surface area contributed by atoms with Crippen LogP contribution in [0.1, 0.15) is 6.42 Å². The predicted octanol–water partition coefficient (Wildman–Crippen LogP) is 0.425. The highest BCUT2D eigenvalue weighted by Crippen LogP contribution is 2.06. The normalized spacial score (nSPS) is 12.2. The summed E-state index contributed by atoms with van der Waals surface area (Å²) in [6, 6.07) is 2.55. The number of nitrogens with one attached hydrogen (secondary N) is 1. The first-order chi connectivity index (χ1) is 8.00. The van der Waals surface area contributed by atoms with Gasteiger partial charge in [0.25, 0.3) is 0 Å². The SMILES string of the molecule is CN(C)C(CC(=O)Nc1cccnc1)C(=O)O. The van der Waals surface area contributed by atoms with Gasteiger partial charge in [0.05, 0.1) is 18.3 Å². The third-order valence-electron chi connectivity index (χ3n) is 2.23. The Morgan fingerprint density at radius 3 is 2.71 bits per heavy atom. The maximum Gasteiger partial charge on any atom is 0.321 e. The molecular weight excluding hydrogens is 222 g/mol. The van der Waals surface area contributed by atoms with Crippen molar-refractivity contribution in [2.45, 2.75) is 12.5 Å². The molecule has 17 heavy (non-hydrogen) atoms. The summed E-state index contributed by atoms with van der Waals surface area (Å²) in [5, 5.41) is 11.5. The summed E-state index contributed by atoms with van der Waals surface area (Å²) < 4.78 is 0. The van der Waals surface area contributed by atoms with E-state index in [0.717, 1.165) is 0 Å². The average Bonchev–Trinajstić information content (AvgIpc) is 2.26. The number of carbonyl (C=O) groups is 2. The van der Waals surface area contributed by atoms with E-state index >= 15 is 0 Å². The zero-order valence-corrected chi connectivity index (χ0v) is 9.75. The minimum atomic E-state index is -1.02. The summed E-state index contributed by atoms with van der Waals surface area (Å²) in [5.74, 6) is -1.37. The maximum absolute atomic E-state index is 11.6. The third kappa shape index (κ3) is 4.20. The monoisotopic (exact) mass is 237 g/mol. The standard InChI is InChI=1S/C11H15N3O3/c1-14(2)9(11(16)17)6-10(15)13-8-4-3-5-12-7-8/h3-5,7,9H,6H2,1-2H3,(H,13,15)(H,16,17). The van der Waals surface area contributed by atoms with Crippen LogP contribution in [0.5, 0.6) is 0 Å². The Balaban J connectivity index is 2.57. The summed E-state index contributed by atoms with van der Waals surface area (Å²) in [4.78, 5) is 27.8. The van der Waals surface area contributed by atoms with Crippen LogP contribution in [-0.4, -0.2) is 47.0 Å². The molecule has 2 N–H and O–H groups in total. The van der Waals surface area contributed by atoms with E-state index < -0.39 is 12.0 Å². The molecule has 0 fully saturated rings. The van der Waals surface area contributed by atoms with E-state index in [0.29, 0.717) is 5.69 Å². The van der Waals surface area contributed by atoms with Gasteiger partial charge in [-0.25, -0.2) is 0 Å². The van der Waals surface area contributed by atoms with Crippen LogP contribution >= 0.6 is 0 Å². The molecule has 0 aliphatic heterocycles. The smallest absolute Gasteiger partial charge is 0.321 e. The number of carboxylic acids is 1. The van der Waals surface area contributed by atoms with Crippen LogP contribution in [0.2, 0.25) is 0 Å². The van der Waals surface area contributed by atoms with Gasteiger partial charge in [0.2, 0.25) is 5.91 Å². The fourth-order valence-electron chi connectivity index (χ4n) is 1.32. The number of likely N-dealkylation sites (N-methyl/N-ethyl adjacent to an activating group) is 1. The Hall–Kier alpha value is -1.95. The van der Waals surface area contributed by atoms with Crippen molar-refractivity contribution >= 4 is 17.6 Å². The van der Waals surface area contributed by atoms with Crippen molar-refractivity contribution in [3.63, 3.8) is 0 Å². The molecule has 0 aromatic carbocycles. The summed E-state index contributed by atoms with van der Waals surface area (Å²) in [5.41, 5.74) is 0.556. The van der Waals surface area contributed by atoms with Gasteiger partial charge in [-0.3, -0.25) is 19.5 Å². The van der Waals surface area contributed by atoms with Gasteiger partial charge in [0.15, 0.2) is 0 Å². The number of amides is 1. The number of aliphatic carboxylic acids is 1. The van der Waals surface area contributed by atoms with Crippen LogP contribution in [0.15, 0.2) is 24.5 Å². The summed E-state index contributed by atoms with van der Waals surface area (Å²) in [7, 11) is 3.24. The maximum atomic E-state index is 11.6. The second-order valence-electron chi connectivity index (χ2n) is 3.81. The quantitative estimate of drug-likeness (QED) is 0.775. The molecule has 1 atom stereocenters. The van der Waals surface area contributed by atoms with E-state index in [1.807, 2.05) is 0 Å². The first kappa shape index (κ1) is 13.1. The van der Waals surface area contributed by atoms with E-state index in [4.69, 9.17) is 5.11 Å². The zero-order valence-electron chi connectivity index (χ0n) is 9.75. The van der Waals surface area contributed by atoms with E-state index in [1.165, 1.54) is 11.1 Å². The van der Waals surface area contributed by atoms with Gasteiger partial charge in [0.1, 0.15) is 6.04 Å². The fraction of sp³-hybridized carbons (Fsp3) is 0.364. The van der Waals surface area contributed by atoms with Crippen molar-refractivity contribution in [3.05, 3.63) is 24.5 Å². The van der Waals surface area contributed by atoms with Crippen LogP contribution < -0.4 is 5.32 Å². The molecule has 1 amide bonds. The Labute approximate surface area is 99.3 Å². The second kappa shape index (κ2) is 5.95. The highest BCUT2D eigenvalue weighted by Gasteiger charge is 2.23. The van der Waals surface area contributed by atoms with E-state index in [9.17, 15) is 9.59 Å². The molecule has 0 aliphatic carbocycles. The Kier molecular flexibility index (Phi) is 4.59. The molecule has 6 heteroatoms. The lowest BCUT2D eigenvalue weighted by Gasteiger charge is -2.19. The number of hydrogen-bond acceptors (Lipinski definition) is 4. The topological polar surface area (TPSA) is 82.5 Å². The van der Waals surface area contributed by atoms with Gasteiger partial charge in [-0.15, -0.1) is 0 Å². The fourth-order valence-corrected chi connectivity index (χ4v) is 1.32. The third-order valence-corrected chi connectivity index (χ3v) is 2.23. The predicted molar refractivity (Wildman–Crippen MR) is 62.6 cm³/mol. The summed E-state index contributed by atoms with van der Waals surface area (Å²) in [6.07, 6.45) is 3.00. The van der Waals surface area contributed by atoms with E-state index in [1.54, 1.807) is 32.4 Å². The minimum Gasteiger partial charge on any atom is -0.480 e. The number of pyridine rings is 1. The zero-order chi connectivity index (χ0) is 12.8. The molecule has 1 aromatic heterocycles. The Bertz CT molecular complexity index is 392. The van der Waals surface area contributed by atoms with Gasteiger partial charge in [-0.2, -0.15) is 0 Å². The van der Waals surface area contributed by atoms with Gasteiger partial charge < -0.3 is 10.4 Å². The molecule has 0 saturated heterocycles. The first-order valence-electron chi connectivity index (χ1n) is 5.10. The van der Waals surface area contributed by atoms with Gasteiger partial charge >= 0.3 is 5.97 Å². The summed E-state index contributed by atoms with van der Waals surface area (Å²) in [6.45, 7) is 0.